The van der Waals surface area contributed by atoms with Crippen LogP contribution >= 0.6 is 11.3 Å². The van der Waals surface area contributed by atoms with Gasteiger partial charge in [-0.2, -0.15) is 4.98 Å². The highest BCUT2D eigenvalue weighted by Gasteiger charge is 2.29. The van der Waals surface area contributed by atoms with Gasteiger partial charge in [0, 0.05) is 24.7 Å². The molecule has 0 bridgehead atoms. The van der Waals surface area contributed by atoms with Gasteiger partial charge < -0.3 is 20.2 Å². The van der Waals surface area contributed by atoms with E-state index in [4.69, 9.17) is 15.3 Å². The van der Waals surface area contributed by atoms with Gasteiger partial charge >= 0.3 is 6.09 Å². The van der Waals surface area contributed by atoms with Gasteiger partial charge in [0.1, 0.15) is 11.3 Å². The van der Waals surface area contributed by atoms with Gasteiger partial charge in [-0.15, -0.1) is 16.4 Å². The Morgan fingerprint density at radius 2 is 2.27 bits per heavy atom. The Morgan fingerprint density at radius 3 is 3.13 bits per heavy atom. The highest BCUT2D eigenvalue weighted by Crippen LogP contribution is 2.29. The van der Waals surface area contributed by atoms with Crippen molar-refractivity contribution in [2.45, 2.75) is 19.4 Å². The summed E-state index contributed by atoms with van der Waals surface area (Å²) in [7, 11) is 0. The smallest absolute Gasteiger partial charge is 0.430 e. The molecule has 1 saturated heterocycles. The van der Waals surface area contributed by atoms with Gasteiger partial charge in [0.2, 0.25) is 5.95 Å². The summed E-state index contributed by atoms with van der Waals surface area (Å²) in [5.74, 6) is 1.82. The van der Waals surface area contributed by atoms with Crippen LogP contribution in [0.25, 0.3) is 10.3 Å². The topological polar surface area (TPSA) is 119 Å². The molecule has 156 valence electrons. The van der Waals surface area contributed by atoms with Crippen molar-refractivity contribution in [3.63, 3.8) is 0 Å². The number of carbonyl (C=O) groups excluding carboxylic acids is 1. The normalized spacial score (nSPS) is 18.8. The van der Waals surface area contributed by atoms with Crippen LogP contribution in [0.1, 0.15) is 12.5 Å². The molecule has 0 aliphatic carbocycles. The van der Waals surface area contributed by atoms with Gasteiger partial charge in [0.05, 0.1) is 25.2 Å². The van der Waals surface area contributed by atoms with Crippen molar-refractivity contribution in [3.05, 3.63) is 29.3 Å². The second-order valence-electron chi connectivity index (χ2n) is 7.27. The predicted molar refractivity (Wildman–Crippen MR) is 114 cm³/mol. The summed E-state index contributed by atoms with van der Waals surface area (Å²) in [5, 5.41) is 4.45. The molecule has 2 aliphatic rings. The third-order valence-corrected chi connectivity index (χ3v) is 5.93. The van der Waals surface area contributed by atoms with Crippen LogP contribution in [-0.2, 0) is 11.3 Å². The lowest BCUT2D eigenvalue weighted by Gasteiger charge is -2.39. The fraction of sp³-hybridized carbons (Fsp3) is 0.368. The Morgan fingerprint density at radius 1 is 1.37 bits per heavy atom. The Kier molecular flexibility index (Phi) is 4.75. The van der Waals surface area contributed by atoms with E-state index < -0.39 is 6.09 Å². The first-order valence-corrected chi connectivity index (χ1v) is 10.6. The molecule has 11 heteroatoms. The summed E-state index contributed by atoms with van der Waals surface area (Å²) in [5.41, 5.74) is 10.1. The number of carbonyl (C=O) groups is 1. The molecule has 2 aromatic heterocycles. The number of thiazole rings is 1. The van der Waals surface area contributed by atoms with E-state index in [1.165, 1.54) is 11.3 Å². The van der Waals surface area contributed by atoms with Crippen LogP contribution < -0.4 is 20.7 Å². The zero-order chi connectivity index (χ0) is 20.7. The Balaban J connectivity index is 1.22. The van der Waals surface area contributed by atoms with Crippen LogP contribution in [0.5, 0.6) is 5.75 Å². The molecular formula is C19H21N7O3S. The number of piperazine rings is 1. The third kappa shape index (κ3) is 3.57. The summed E-state index contributed by atoms with van der Waals surface area (Å²) in [6.07, 6.45) is 0.335. The Labute approximate surface area is 176 Å². The van der Waals surface area contributed by atoms with E-state index in [0.717, 1.165) is 33.9 Å². The number of rotatable bonds is 3. The first-order chi connectivity index (χ1) is 14.6. The molecule has 10 nitrogen and oxygen atoms in total. The quantitative estimate of drug-likeness (QED) is 0.649. The summed E-state index contributed by atoms with van der Waals surface area (Å²) in [6.45, 7) is 4.40. The van der Waals surface area contributed by atoms with E-state index in [0.29, 0.717) is 31.9 Å². The molecule has 0 radical (unpaired) electrons. The molecule has 3 aromatic rings. The van der Waals surface area contributed by atoms with Crippen LogP contribution in [0.3, 0.4) is 0 Å². The van der Waals surface area contributed by atoms with Crippen molar-refractivity contribution >= 4 is 45.2 Å². The van der Waals surface area contributed by atoms with E-state index in [2.05, 4.69) is 25.2 Å². The van der Waals surface area contributed by atoms with E-state index >= 15 is 0 Å². The SMILES string of the molecule is C[C@H]1CN(OC(=O)Nc2ccc3c(c2)CCO3)CCN1c1nc(N)nc2scnc12. The van der Waals surface area contributed by atoms with Gasteiger partial charge in [0.25, 0.3) is 0 Å². The summed E-state index contributed by atoms with van der Waals surface area (Å²) >= 11 is 1.43. The molecule has 0 saturated carbocycles. The standard InChI is InChI=1S/C19H21N7O3S/c1-11-9-25(29-19(27)22-13-2-3-14-12(8-13)4-7-28-14)5-6-26(11)16-15-17(30-10-21-15)24-18(20)23-16/h2-3,8,10-11H,4-7,9H2,1H3,(H,22,27)(H2,20,23,24)/t11-/m0/s1. The maximum absolute atomic E-state index is 12.4. The fourth-order valence-electron chi connectivity index (χ4n) is 3.81. The molecule has 0 unspecified atom stereocenters. The zero-order valence-electron chi connectivity index (χ0n) is 16.4. The molecule has 30 heavy (non-hydrogen) atoms. The number of nitrogens with one attached hydrogen (secondary N) is 1. The number of ether oxygens (including phenoxy) is 1. The van der Waals surface area contributed by atoms with Gasteiger partial charge in [0.15, 0.2) is 10.6 Å². The average molecular weight is 427 g/mol. The highest BCUT2D eigenvalue weighted by molar-refractivity contribution is 7.16. The summed E-state index contributed by atoms with van der Waals surface area (Å²) in [4.78, 5) is 33.8. The lowest BCUT2D eigenvalue weighted by molar-refractivity contribution is -0.103. The summed E-state index contributed by atoms with van der Waals surface area (Å²) < 4.78 is 5.49. The number of fused-ring (bicyclic) bond motifs is 2. The minimum Gasteiger partial charge on any atom is -0.493 e. The fourth-order valence-corrected chi connectivity index (χ4v) is 4.47. The number of benzene rings is 1. The van der Waals surface area contributed by atoms with Crippen molar-refractivity contribution < 1.29 is 14.4 Å². The highest BCUT2D eigenvalue weighted by atomic mass is 32.1. The Bertz CT molecular complexity index is 1100. The number of nitrogens with two attached hydrogens (primary N) is 1. The molecule has 1 atom stereocenters. The van der Waals surface area contributed by atoms with Crippen molar-refractivity contribution in [2.24, 2.45) is 0 Å². The van der Waals surface area contributed by atoms with Crippen molar-refractivity contribution in [3.8, 4) is 5.75 Å². The number of nitrogens with zero attached hydrogens (tertiary/aromatic N) is 5. The third-order valence-electron chi connectivity index (χ3n) is 5.21. The molecule has 3 N–H and O–H groups in total. The molecule has 5 rings (SSSR count). The monoisotopic (exact) mass is 427 g/mol. The second-order valence-corrected chi connectivity index (χ2v) is 8.10. The van der Waals surface area contributed by atoms with E-state index in [-0.39, 0.29) is 12.0 Å². The molecular weight excluding hydrogens is 406 g/mol. The number of aromatic nitrogens is 3. The minimum atomic E-state index is -0.511. The minimum absolute atomic E-state index is 0.0443. The Hall–Kier alpha value is -3.18. The van der Waals surface area contributed by atoms with Crippen molar-refractivity contribution in [1.29, 1.82) is 0 Å². The maximum Gasteiger partial charge on any atom is 0.430 e. The van der Waals surface area contributed by atoms with Gasteiger partial charge in [-0.1, -0.05) is 0 Å². The largest absolute Gasteiger partial charge is 0.493 e. The summed E-state index contributed by atoms with van der Waals surface area (Å²) in [6, 6.07) is 5.64. The molecule has 4 heterocycles. The van der Waals surface area contributed by atoms with Crippen LogP contribution in [-0.4, -0.2) is 58.4 Å². The number of hydrogen-bond acceptors (Lipinski definition) is 10. The molecule has 0 spiro atoms. The number of hydrogen-bond donors (Lipinski definition) is 2. The molecule has 1 amide bonds. The van der Waals surface area contributed by atoms with Crippen LogP contribution in [0.2, 0.25) is 0 Å². The number of amides is 1. The molecule has 1 fully saturated rings. The molecule has 2 aliphatic heterocycles. The lowest BCUT2D eigenvalue weighted by Crippen LogP contribution is -2.53. The lowest BCUT2D eigenvalue weighted by atomic mass is 10.1. The van der Waals surface area contributed by atoms with Crippen molar-refractivity contribution in [2.75, 3.05) is 42.2 Å². The average Bonchev–Trinajstić information content (AvgIpc) is 3.36. The van der Waals surface area contributed by atoms with Crippen LogP contribution in [0, 0.1) is 0 Å². The van der Waals surface area contributed by atoms with Gasteiger partial charge in [-0.3, -0.25) is 5.32 Å². The van der Waals surface area contributed by atoms with Gasteiger partial charge in [-0.25, -0.2) is 14.8 Å². The zero-order valence-corrected chi connectivity index (χ0v) is 17.2. The van der Waals surface area contributed by atoms with E-state index in [9.17, 15) is 4.79 Å². The van der Waals surface area contributed by atoms with Crippen LogP contribution in [0.15, 0.2) is 23.7 Å². The van der Waals surface area contributed by atoms with E-state index in [1.807, 2.05) is 25.1 Å². The first kappa shape index (κ1) is 18.8. The predicted octanol–water partition coefficient (Wildman–Crippen LogP) is 2.28. The molecule has 1 aromatic carbocycles. The first-order valence-electron chi connectivity index (χ1n) is 9.70. The number of hydroxylamine groups is 2. The number of nitrogen functional groups attached to an aromatic ring is 1. The van der Waals surface area contributed by atoms with Crippen molar-refractivity contribution in [1.82, 2.24) is 20.0 Å². The van der Waals surface area contributed by atoms with Gasteiger partial charge in [-0.05, 0) is 30.7 Å². The second kappa shape index (κ2) is 7.58. The van der Waals surface area contributed by atoms with Crippen LogP contribution in [0.4, 0.5) is 22.2 Å². The number of anilines is 3. The maximum atomic E-state index is 12.4. The van der Waals surface area contributed by atoms with E-state index in [1.54, 1.807) is 10.6 Å².